The summed E-state index contributed by atoms with van der Waals surface area (Å²) in [6.45, 7) is 1.12. The minimum atomic E-state index is -3.73. The van der Waals surface area contributed by atoms with Crippen LogP contribution in [0.4, 0.5) is 15.8 Å². The quantitative estimate of drug-likeness (QED) is 0.431. The first-order valence-corrected chi connectivity index (χ1v) is 11.4. The number of anilines is 1. The van der Waals surface area contributed by atoms with E-state index in [1.165, 1.54) is 24.3 Å². The van der Waals surface area contributed by atoms with Gasteiger partial charge in [-0.05, 0) is 37.1 Å². The number of hydrogen-bond acceptors (Lipinski definition) is 8. The molecule has 0 saturated carbocycles. The third-order valence-corrected chi connectivity index (χ3v) is 6.34. The van der Waals surface area contributed by atoms with Crippen LogP contribution in [0, 0.1) is 15.9 Å². The smallest absolute Gasteiger partial charge is 0.290 e. The minimum Gasteiger partial charge on any atom is -0.371 e. The zero-order valence-corrected chi connectivity index (χ0v) is 17.4. The van der Waals surface area contributed by atoms with E-state index in [1.54, 1.807) is 18.2 Å². The summed E-state index contributed by atoms with van der Waals surface area (Å²) in [4.78, 5) is 16.7. The number of sulfone groups is 1. The van der Waals surface area contributed by atoms with Gasteiger partial charge in [0.1, 0.15) is 10.7 Å². The van der Waals surface area contributed by atoms with Gasteiger partial charge in [-0.3, -0.25) is 10.1 Å². The summed E-state index contributed by atoms with van der Waals surface area (Å²) in [6, 6.07) is 10.0. The molecular formula is C20H19FN4O5S. The van der Waals surface area contributed by atoms with Crippen LogP contribution in [0.25, 0.3) is 11.4 Å². The molecule has 9 nitrogen and oxygen atoms in total. The van der Waals surface area contributed by atoms with Gasteiger partial charge in [0.2, 0.25) is 11.7 Å². The standard InChI is InChI=1S/C20H19FN4O5S/c1-31(28,29)18-8-7-16(11-17(18)25(26)27)24-9-3-5-14(12-24)20-22-19(23-30-20)13-4-2-6-15(21)10-13/h2,4,6-8,10-11,14H,3,5,9,12H2,1H3/t14-/m0/s1. The molecule has 1 fully saturated rings. The van der Waals surface area contributed by atoms with Gasteiger partial charge in [-0.25, -0.2) is 12.8 Å². The van der Waals surface area contributed by atoms with Crippen molar-refractivity contribution in [3.63, 3.8) is 0 Å². The molecule has 31 heavy (non-hydrogen) atoms. The topological polar surface area (TPSA) is 119 Å². The average molecular weight is 446 g/mol. The molecule has 2 heterocycles. The number of benzene rings is 2. The summed E-state index contributed by atoms with van der Waals surface area (Å²) in [5, 5.41) is 15.4. The number of hydrogen-bond donors (Lipinski definition) is 0. The Balaban J connectivity index is 1.58. The Morgan fingerprint density at radius 1 is 1.26 bits per heavy atom. The Bertz CT molecular complexity index is 1240. The van der Waals surface area contributed by atoms with E-state index in [0.717, 1.165) is 19.1 Å². The Kier molecular flexibility index (Phi) is 5.44. The Morgan fingerprint density at radius 3 is 2.77 bits per heavy atom. The zero-order chi connectivity index (χ0) is 22.2. The van der Waals surface area contributed by atoms with E-state index in [9.17, 15) is 22.9 Å². The largest absolute Gasteiger partial charge is 0.371 e. The normalized spacial score (nSPS) is 17.0. The van der Waals surface area contributed by atoms with Gasteiger partial charge in [0.15, 0.2) is 9.84 Å². The predicted molar refractivity (Wildman–Crippen MR) is 110 cm³/mol. The van der Waals surface area contributed by atoms with Gasteiger partial charge in [0, 0.05) is 36.7 Å². The van der Waals surface area contributed by atoms with Gasteiger partial charge >= 0.3 is 0 Å². The van der Waals surface area contributed by atoms with Crippen LogP contribution in [0.2, 0.25) is 0 Å². The second-order valence-electron chi connectivity index (χ2n) is 7.43. The van der Waals surface area contributed by atoms with Crippen LogP contribution in [0.5, 0.6) is 0 Å². The molecule has 1 aromatic heterocycles. The van der Waals surface area contributed by atoms with Crippen molar-refractivity contribution in [2.24, 2.45) is 0 Å². The number of rotatable bonds is 5. The van der Waals surface area contributed by atoms with Gasteiger partial charge in [0.25, 0.3) is 5.69 Å². The van der Waals surface area contributed by atoms with Crippen LogP contribution in [-0.2, 0) is 9.84 Å². The first-order valence-electron chi connectivity index (χ1n) is 9.55. The summed E-state index contributed by atoms with van der Waals surface area (Å²) in [5.41, 5.74) is 0.608. The highest BCUT2D eigenvalue weighted by Gasteiger charge is 2.29. The van der Waals surface area contributed by atoms with Crippen molar-refractivity contribution in [2.45, 2.75) is 23.7 Å². The van der Waals surface area contributed by atoms with E-state index in [4.69, 9.17) is 4.52 Å². The molecule has 0 aliphatic carbocycles. The molecule has 0 unspecified atom stereocenters. The highest BCUT2D eigenvalue weighted by atomic mass is 32.2. The maximum Gasteiger partial charge on any atom is 0.290 e. The van der Waals surface area contributed by atoms with E-state index in [0.29, 0.717) is 36.1 Å². The number of nitro benzene ring substituents is 1. The molecule has 1 saturated heterocycles. The molecule has 0 N–H and O–H groups in total. The van der Waals surface area contributed by atoms with Crippen LogP contribution in [0.15, 0.2) is 51.9 Å². The fourth-order valence-corrected chi connectivity index (χ4v) is 4.55. The molecule has 162 valence electrons. The lowest BCUT2D eigenvalue weighted by molar-refractivity contribution is -0.387. The van der Waals surface area contributed by atoms with Crippen LogP contribution in [-0.4, -0.2) is 42.8 Å². The van der Waals surface area contributed by atoms with Crippen LogP contribution in [0.1, 0.15) is 24.7 Å². The first kappa shape index (κ1) is 20.9. The summed E-state index contributed by atoms with van der Waals surface area (Å²) in [7, 11) is -3.73. The second-order valence-corrected chi connectivity index (χ2v) is 9.42. The van der Waals surface area contributed by atoms with Crippen LogP contribution in [0.3, 0.4) is 0 Å². The van der Waals surface area contributed by atoms with Crippen molar-refractivity contribution < 1.29 is 22.3 Å². The second kappa shape index (κ2) is 8.06. The van der Waals surface area contributed by atoms with Crippen molar-refractivity contribution in [3.05, 3.63) is 64.3 Å². The van der Waals surface area contributed by atoms with Crippen molar-refractivity contribution in [1.82, 2.24) is 10.1 Å². The Labute approximate surface area is 177 Å². The van der Waals surface area contributed by atoms with Crippen molar-refractivity contribution in [3.8, 4) is 11.4 Å². The van der Waals surface area contributed by atoms with Crippen LogP contribution < -0.4 is 4.90 Å². The third-order valence-electron chi connectivity index (χ3n) is 5.20. The maximum absolute atomic E-state index is 13.5. The maximum atomic E-state index is 13.5. The summed E-state index contributed by atoms with van der Waals surface area (Å²) in [5.74, 6) is 0.190. The molecule has 4 rings (SSSR count). The summed E-state index contributed by atoms with van der Waals surface area (Å²) < 4.78 is 42.6. The SMILES string of the molecule is CS(=O)(=O)c1ccc(N2CCC[C@H](c3nc(-c4cccc(F)c4)no3)C2)cc1[N+](=O)[O-]. The van der Waals surface area contributed by atoms with E-state index in [-0.39, 0.29) is 10.8 Å². The molecule has 0 radical (unpaired) electrons. The number of nitrogens with zero attached hydrogens (tertiary/aromatic N) is 4. The fraction of sp³-hybridized carbons (Fsp3) is 0.300. The lowest BCUT2D eigenvalue weighted by atomic mass is 9.97. The van der Waals surface area contributed by atoms with E-state index < -0.39 is 26.3 Å². The highest BCUT2D eigenvalue weighted by Crippen LogP contribution is 2.34. The first-order chi connectivity index (χ1) is 14.7. The van der Waals surface area contributed by atoms with Gasteiger partial charge < -0.3 is 9.42 Å². The number of piperidine rings is 1. The van der Waals surface area contributed by atoms with Gasteiger partial charge in [0.05, 0.1) is 10.8 Å². The predicted octanol–water partition coefficient (Wildman–Crippen LogP) is 3.57. The summed E-state index contributed by atoms with van der Waals surface area (Å²) >= 11 is 0. The highest BCUT2D eigenvalue weighted by molar-refractivity contribution is 7.90. The molecule has 3 aromatic rings. The van der Waals surface area contributed by atoms with E-state index >= 15 is 0 Å². The molecule has 1 aliphatic heterocycles. The monoisotopic (exact) mass is 446 g/mol. The van der Waals surface area contributed by atoms with Gasteiger partial charge in [-0.15, -0.1) is 0 Å². The molecule has 1 atom stereocenters. The molecule has 0 amide bonds. The molecule has 1 aliphatic rings. The van der Waals surface area contributed by atoms with Crippen LogP contribution >= 0.6 is 0 Å². The lowest BCUT2D eigenvalue weighted by Gasteiger charge is -2.32. The number of halogens is 1. The number of nitro groups is 1. The Hall–Kier alpha value is -3.34. The summed E-state index contributed by atoms with van der Waals surface area (Å²) in [6.07, 6.45) is 2.51. The molecule has 2 aromatic carbocycles. The average Bonchev–Trinajstić information content (AvgIpc) is 3.23. The Morgan fingerprint density at radius 2 is 2.06 bits per heavy atom. The van der Waals surface area contributed by atoms with E-state index in [2.05, 4.69) is 10.1 Å². The third kappa shape index (κ3) is 4.41. The fourth-order valence-electron chi connectivity index (χ4n) is 3.72. The lowest BCUT2D eigenvalue weighted by Crippen LogP contribution is -2.34. The van der Waals surface area contributed by atoms with Crippen molar-refractivity contribution >= 4 is 21.2 Å². The number of aromatic nitrogens is 2. The minimum absolute atomic E-state index is 0.114. The molecular weight excluding hydrogens is 427 g/mol. The zero-order valence-electron chi connectivity index (χ0n) is 16.6. The molecule has 0 bridgehead atoms. The van der Waals surface area contributed by atoms with Crippen molar-refractivity contribution in [1.29, 1.82) is 0 Å². The van der Waals surface area contributed by atoms with E-state index in [1.807, 2.05) is 4.90 Å². The van der Waals surface area contributed by atoms with Gasteiger partial charge in [-0.1, -0.05) is 17.3 Å². The molecule has 11 heteroatoms. The molecule has 0 spiro atoms. The van der Waals surface area contributed by atoms with Crippen molar-refractivity contribution in [2.75, 3.05) is 24.2 Å². The van der Waals surface area contributed by atoms with Gasteiger partial charge in [-0.2, -0.15) is 4.98 Å².